The summed E-state index contributed by atoms with van der Waals surface area (Å²) in [5.74, 6) is -0.508. The van der Waals surface area contributed by atoms with Crippen LogP contribution in [-0.4, -0.2) is 77.2 Å². The van der Waals surface area contributed by atoms with E-state index in [0.717, 1.165) is 33.5 Å². The fraction of sp³-hybridized carbons (Fsp3) is 0.417. The number of nitrogens with zero attached hydrogens (tertiary/aromatic N) is 2. The van der Waals surface area contributed by atoms with Crippen molar-refractivity contribution in [2.75, 3.05) is 31.5 Å². The number of hydrogen-bond donors (Lipinski definition) is 3. The third kappa shape index (κ3) is 8.41. The van der Waals surface area contributed by atoms with E-state index in [1.165, 1.54) is 16.7 Å². The van der Waals surface area contributed by atoms with Gasteiger partial charge in [0.05, 0.1) is 11.9 Å². The zero-order valence-electron chi connectivity index (χ0n) is 27.8. The molecule has 3 atom stereocenters. The molecule has 3 aromatic rings. The monoisotopic (exact) mass is 646 g/mol. The Balaban J connectivity index is 1.49. The van der Waals surface area contributed by atoms with Crippen molar-refractivity contribution in [3.8, 4) is 5.75 Å². The fourth-order valence-electron chi connectivity index (χ4n) is 5.75. The molecule has 1 saturated heterocycles. The maximum atomic E-state index is 13.9. The Bertz CT molecular complexity index is 1520. The van der Waals surface area contributed by atoms with Crippen LogP contribution in [0.5, 0.6) is 5.75 Å². The van der Waals surface area contributed by atoms with Gasteiger partial charge in [-0.2, -0.15) is 0 Å². The number of carbonyl (C=O) groups is 3. The van der Waals surface area contributed by atoms with Crippen LogP contribution in [0.4, 0.5) is 5.69 Å². The number of aryl methyl sites for hydroxylation is 3. The summed E-state index contributed by atoms with van der Waals surface area (Å²) in [5.41, 5.74) is 5.72. The van der Waals surface area contributed by atoms with Crippen LogP contribution in [0, 0.1) is 20.8 Å². The van der Waals surface area contributed by atoms with Crippen LogP contribution in [-0.2, 0) is 27.3 Å². The van der Waals surface area contributed by atoms with Gasteiger partial charge in [0.2, 0.25) is 5.91 Å². The van der Waals surface area contributed by atoms with Gasteiger partial charge in [0.25, 0.3) is 11.8 Å². The van der Waals surface area contributed by atoms with Gasteiger partial charge in [-0.3, -0.25) is 14.4 Å². The zero-order chi connectivity index (χ0) is 33.6. The quantitative estimate of drug-likeness (QED) is 0.271. The molecule has 1 heterocycles. The third-order valence-electron chi connectivity index (χ3n) is 8.38. The number of aliphatic hydroxyl groups is 1. The minimum atomic E-state index is -1.59. The number of aliphatic hydroxyl groups excluding tert-OH is 1. The van der Waals surface area contributed by atoms with Crippen LogP contribution in [0.25, 0.3) is 0 Å². The van der Waals surface area contributed by atoms with Gasteiger partial charge in [0, 0.05) is 31.1 Å². The molecule has 46 heavy (non-hydrogen) atoms. The molecule has 0 saturated carbocycles. The molecule has 0 unspecified atom stereocenters. The molecule has 3 N–H and O–H groups in total. The molecular weight excluding hydrogens is 600 g/mol. The summed E-state index contributed by atoms with van der Waals surface area (Å²) in [6, 6.07) is 19.4. The molecule has 0 aliphatic carbocycles. The average Bonchev–Trinajstić information content (AvgIpc) is 3.34. The predicted molar refractivity (Wildman–Crippen MR) is 184 cm³/mol. The van der Waals surface area contributed by atoms with Crippen LogP contribution in [0.2, 0.25) is 0 Å². The summed E-state index contributed by atoms with van der Waals surface area (Å²) < 4.78 is 5.35. The number of rotatable bonds is 12. The van der Waals surface area contributed by atoms with E-state index in [-0.39, 0.29) is 24.8 Å². The number of amides is 3. The van der Waals surface area contributed by atoms with Crippen molar-refractivity contribution in [3.05, 3.63) is 94.5 Å². The Labute approximate surface area is 276 Å². The largest absolute Gasteiger partial charge is 0.483 e. The summed E-state index contributed by atoms with van der Waals surface area (Å²) in [5, 5.41) is 17.4. The standard InChI is InChI=1S/C36H46N4O5S/c1-23-13-11-12-16-27(23)20-37-34(43)33-36(4,5)46-22-40(33)35(44)31(42)29(19-26-14-9-8-10-15-26)38-30(41)21-45-32-24(2)17-28(39(6)7)18-25(32)3/h8-18,29,31,33,42H,19-22H2,1-7H3,(H,37,43)(H,38,41)/t29-,31-,33+/m0/s1. The van der Waals surface area contributed by atoms with Gasteiger partial charge in [-0.1, -0.05) is 54.6 Å². The highest BCUT2D eigenvalue weighted by Gasteiger charge is 2.49. The lowest BCUT2D eigenvalue weighted by Gasteiger charge is -2.33. The molecule has 3 amide bonds. The number of carbonyl (C=O) groups excluding carboxylic acids is 3. The Kier molecular flexibility index (Phi) is 11.4. The Morgan fingerprint density at radius 2 is 1.63 bits per heavy atom. The van der Waals surface area contributed by atoms with Gasteiger partial charge in [-0.05, 0) is 81.0 Å². The predicted octanol–water partition coefficient (Wildman–Crippen LogP) is 4.14. The second-order valence-electron chi connectivity index (χ2n) is 12.6. The first-order valence-corrected chi connectivity index (χ1v) is 16.5. The molecule has 246 valence electrons. The van der Waals surface area contributed by atoms with Gasteiger partial charge in [0.1, 0.15) is 11.8 Å². The Hall–Kier alpha value is -4.02. The molecular formula is C36H46N4O5S. The number of anilines is 1. The minimum absolute atomic E-state index is 0.212. The van der Waals surface area contributed by atoms with Crippen LogP contribution >= 0.6 is 11.8 Å². The molecule has 4 rings (SSSR count). The van der Waals surface area contributed by atoms with E-state index in [9.17, 15) is 19.5 Å². The number of nitrogens with one attached hydrogen (secondary N) is 2. The van der Waals surface area contributed by atoms with E-state index in [1.807, 2.05) is 120 Å². The zero-order valence-corrected chi connectivity index (χ0v) is 28.6. The molecule has 0 aromatic heterocycles. The topological polar surface area (TPSA) is 111 Å². The molecule has 10 heteroatoms. The van der Waals surface area contributed by atoms with Gasteiger partial charge in [-0.15, -0.1) is 11.8 Å². The average molecular weight is 647 g/mol. The smallest absolute Gasteiger partial charge is 0.258 e. The first-order chi connectivity index (χ1) is 21.8. The maximum Gasteiger partial charge on any atom is 0.258 e. The van der Waals surface area contributed by atoms with E-state index in [1.54, 1.807) is 0 Å². The Morgan fingerprint density at radius 1 is 1.00 bits per heavy atom. The lowest BCUT2D eigenvalue weighted by atomic mass is 9.97. The first kappa shape index (κ1) is 34.8. The van der Waals surface area contributed by atoms with Gasteiger partial charge < -0.3 is 30.3 Å². The van der Waals surface area contributed by atoms with Crippen LogP contribution in [0.3, 0.4) is 0 Å². The van der Waals surface area contributed by atoms with E-state index in [0.29, 0.717) is 12.3 Å². The van der Waals surface area contributed by atoms with Gasteiger partial charge in [0.15, 0.2) is 12.7 Å². The summed E-state index contributed by atoms with van der Waals surface area (Å²) >= 11 is 1.48. The minimum Gasteiger partial charge on any atom is -0.483 e. The van der Waals surface area contributed by atoms with Crippen molar-refractivity contribution in [1.82, 2.24) is 15.5 Å². The molecule has 9 nitrogen and oxygen atoms in total. The molecule has 1 aliphatic heterocycles. The third-order valence-corrected chi connectivity index (χ3v) is 9.75. The summed E-state index contributed by atoms with van der Waals surface area (Å²) in [4.78, 5) is 44.2. The summed E-state index contributed by atoms with van der Waals surface area (Å²) in [7, 11) is 3.92. The highest BCUT2D eigenvalue weighted by molar-refractivity contribution is 8.00. The lowest BCUT2D eigenvalue weighted by Crippen LogP contribution is -2.59. The van der Waals surface area contributed by atoms with Crippen molar-refractivity contribution in [2.45, 2.75) is 70.5 Å². The van der Waals surface area contributed by atoms with Crippen molar-refractivity contribution >= 4 is 35.2 Å². The van der Waals surface area contributed by atoms with Crippen molar-refractivity contribution in [1.29, 1.82) is 0 Å². The van der Waals surface area contributed by atoms with E-state index < -0.39 is 34.7 Å². The number of benzene rings is 3. The Morgan fingerprint density at radius 3 is 2.26 bits per heavy atom. The summed E-state index contributed by atoms with van der Waals surface area (Å²) in [6.45, 7) is 9.73. The van der Waals surface area contributed by atoms with Crippen LogP contribution in [0.15, 0.2) is 66.7 Å². The highest BCUT2D eigenvalue weighted by atomic mass is 32.2. The summed E-state index contributed by atoms with van der Waals surface area (Å²) in [6.07, 6.45) is -1.38. The van der Waals surface area contributed by atoms with Crippen LogP contribution in [0.1, 0.15) is 41.7 Å². The SMILES string of the molecule is Cc1ccccc1CNC(=O)[C@H]1N(C(=O)[C@@H](O)[C@H](Cc2ccccc2)NC(=O)COc2c(C)cc(N(C)C)cc2C)CSC1(C)C. The molecule has 0 spiro atoms. The molecule has 1 aliphatic rings. The van der Waals surface area contributed by atoms with Crippen molar-refractivity contribution < 1.29 is 24.2 Å². The highest BCUT2D eigenvalue weighted by Crippen LogP contribution is 2.40. The second-order valence-corrected chi connectivity index (χ2v) is 14.2. The molecule has 0 radical (unpaired) electrons. The van der Waals surface area contributed by atoms with E-state index in [4.69, 9.17) is 4.74 Å². The lowest BCUT2D eigenvalue weighted by molar-refractivity contribution is -0.148. The number of thioether (sulfide) groups is 1. The normalized spacial score (nSPS) is 16.8. The molecule has 3 aromatic carbocycles. The first-order valence-electron chi connectivity index (χ1n) is 15.5. The van der Waals surface area contributed by atoms with E-state index in [2.05, 4.69) is 10.6 Å². The molecule has 1 fully saturated rings. The second kappa shape index (κ2) is 15.0. The maximum absolute atomic E-state index is 13.9. The van der Waals surface area contributed by atoms with Crippen molar-refractivity contribution in [2.24, 2.45) is 0 Å². The number of hydrogen-bond acceptors (Lipinski definition) is 7. The molecule has 0 bridgehead atoms. The fourth-order valence-corrected chi connectivity index (χ4v) is 6.89. The van der Waals surface area contributed by atoms with Crippen LogP contribution < -0.4 is 20.3 Å². The van der Waals surface area contributed by atoms with Gasteiger partial charge >= 0.3 is 0 Å². The number of ether oxygens (including phenoxy) is 1. The van der Waals surface area contributed by atoms with Gasteiger partial charge in [-0.25, -0.2) is 0 Å². The van der Waals surface area contributed by atoms with Crippen molar-refractivity contribution in [3.63, 3.8) is 0 Å². The van der Waals surface area contributed by atoms with E-state index >= 15 is 0 Å².